The van der Waals surface area contributed by atoms with Gasteiger partial charge in [0.2, 0.25) is 0 Å². The highest BCUT2D eigenvalue weighted by atomic mass is 16.2. The van der Waals surface area contributed by atoms with Crippen LogP contribution in [-0.2, 0) is 4.79 Å². The van der Waals surface area contributed by atoms with Crippen LogP contribution in [0.15, 0.2) is 30.3 Å². The van der Waals surface area contributed by atoms with Crippen LogP contribution in [-0.4, -0.2) is 24.4 Å². The first-order chi connectivity index (χ1) is 8.63. The molecule has 3 N–H and O–H groups in total. The van der Waals surface area contributed by atoms with Crippen LogP contribution in [0, 0.1) is 11.8 Å². The van der Waals surface area contributed by atoms with Gasteiger partial charge in [-0.2, -0.15) is 0 Å². The van der Waals surface area contributed by atoms with Crippen molar-refractivity contribution in [3.63, 3.8) is 0 Å². The van der Waals surface area contributed by atoms with Gasteiger partial charge in [-0.05, 0) is 30.9 Å². The number of carbonyl (C=O) groups excluding carboxylic acids is 1. The summed E-state index contributed by atoms with van der Waals surface area (Å²) in [7, 11) is 1.98. The SMILES string of the molecule is CC1CC1CN(C)C(C(=O)NN)c1ccccc1. The number of hydrazine groups is 1. The molecule has 3 unspecified atom stereocenters. The molecule has 1 amide bonds. The first-order valence-corrected chi connectivity index (χ1v) is 6.39. The normalized spacial score (nSPS) is 23.8. The van der Waals surface area contributed by atoms with E-state index in [1.54, 1.807) is 0 Å². The molecule has 0 radical (unpaired) electrons. The van der Waals surface area contributed by atoms with Crippen LogP contribution in [0.5, 0.6) is 0 Å². The van der Waals surface area contributed by atoms with Gasteiger partial charge >= 0.3 is 0 Å². The molecule has 3 atom stereocenters. The Balaban J connectivity index is 2.12. The van der Waals surface area contributed by atoms with E-state index in [-0.39, 0.29) is 11.9 Å². The van der Waals surface area contributed by atoms with Gasteiger partial charge in [0.25, 0.3) is 5.91 Å². The summed E-state index contributed by atoms with van der Waals surface area (Å²) in [5, 5.41) is 0. The van der Waals surface area contributed by atoms with E-state index >= 15 is 0 Å². The highest BCUT2D eigenvalue weighted by Crippen LogP contribution is 2.39. The van der Waals surface area contributed by atoms with Crippen molar-refractivity contribution in [2.45, 2.75) is 19.4 Å². The van der Waals surface area contributed by atoms with Gasteiger partial charge in [-0.25, -0.2) is 5.84 Å². The molecule has 0 saturated heterocycles. The van der Waals surface area contributed by atoms with Crippen molar-refractivity contribution in [2.24, 2.45) is 17.7 Å². The Hall–Kier alpha value is -1.39. The van der Waals surface area contributed by atoms with Gasteiger partial charge in [-0.15, -0.1) is 0 Å². The summed E-state index contributed by atoms with van der Waals surface area (Å²) in [5.74, 6) is 6.64. The largest absolute Gasteiger partial charge is 0.293 e. The summed E-state index contributed by atoms with van der Waals surface area (Å²) in [6, 6.07) is 9.46. The minimum absolute atomic E-state index is 0.156. The molecular weight excluding hydrogens is 226 g/mol. The molecule has 1 saturated carbocycles. The van der Waals surface area contributed by atoms with E-state index in [2.05, 4.69) is 17.2 Å². The topological polar surface area (TPSA) is 58.4 Å². The van der Waals surface area contributed by atoms with Crippen molar-refractivity contribution in [3.05, 3.63) is 35.9 Å². The molecule has 1 fully saturated rings. The molecule has 0 heterocycles. The molecule has 1 aromatic carbocycles. The van der Waals surface area contributed by atoms with E-state index in [1.807, 2.05) is 37.4 Å². The Kier molecular flexibility index (Phi) is 3.99. The maximum absolute atomic E-state index is 12.0. The number of nitrogens with two attached hydrogens (primary N) is 1. The van der Waals surface area contributed by atoms with Gasteiger partial charge < -0.3 is 0 Å². The van der Waals surface area contributed by atoms with Gasteiger partial charge in [0.1, 0.15) is 6.04 Å². The lowest BCUT2D eigenvalue weighted by molar-refractivity contribution is -0.126. The summed E-state index contributed by atoms with van der Waals surface area (Å²) in [5.41, 5.74) is 3.25. The van der Waals surface area contributed by atoms with Crippen LogP contribution in [0.3, 0.4) is 0 Å². The fraction of sp³-hybridized carbons (Fsp3) is 0.500. The van der Waals surface area contributed by atoms with Crippen LogP contribution in [0.25, 0.3) is 0 Å². The van der Waals surface area contributed by atoms with Crippen molar-refractivity contribution < 1.29 is 4.79 Å². The zero-order valence-electron chi connectivity index (χ0n) is 11.0. The molecule has 0 aromatic heterocycles. The minimum Gasteiger partial charge on any atom is -0.293 e. The van der Waals surface area contributed by atoms with Crippen molar-refractivity contribution in [2.75, 3.05) is 13.6 Å². The molecule has 1 aromatic rings. The molecule has 1 aliphatic rings. The molecule has 0 spiro atoms. The van der Waals surface area contributed by atoms with Gasteiger partial charge in [-0.1, -0.05) is 37.3 Å². The number of hydrogen-bond donors (Lipinski definition) is 2. The number of nitrogens with one attached hydrogen (secondary N) is 1. The molecular formula is C14H21N3O. The monoisotopic (exact) mass is 247 g/mol. The highest BCUT2D eigenvalue weighted by molar-refractivity contribution is 5.82. The Bertz CT molecular complexity index is 407. The third-order valence-corrected chi connectivity index (χ3v) is 3.75. The average molecular weight is 247 g/mol. The third-order valence-electron chi connectivity index (χ3n) is 3.75. The van der Waals surface area contributed by atoms with Crippen molar-refractivity contribution >= 4 is 5.91 Å². The molecule has 0 aliphatic heterocycles. The quantitative estimate of drug-likeness (QED) is 0.468. The zero-order valence-corrected chi connectivity index (χ0v) is 11.0. The van der Waals surface area contributed by atoms with Crippen LogP contribution < -0.4 is 11.3 Å². The van der Waals surface area contributed by atoms with Crippen LogP contribution in [0.2, 0.25) is 0 Å². The number of nitrogens with zero attached hydrogens (tertiary/aromatic N) is 1. The summed E-state index contributed by atoms with van der Waals surface area (Å²) in [6.45, 7) is 3.19. The number of hydrogen-bond acceptors (Lipinski definition) is 3. The van der Waals surface area contributed by atoms with Crippen LogP contribution >= 0.6 is 0 Å². The Morgan fingerprint density at radius 2 is 2.11 bits per heavy atom. The molecule has 4 nitrogen and oxygen atoms in total. The number of benzene rings is 1. The summed E-state index contributed by atoms with van der Waals surface area (Å²) >= 11 is 0. The standard InChI is InChI=1S/C14H21N3O/c1-10-8-12(10)9-17(2)13(14(18)16-15)11-6-4-3-5-7-11/h3-7,10,12-13H,8-9,15H2,1-2H3,(H,16,18). The van der Waals surface area contributed by atoms with Crippen molar-refractivity contribution in [3.8, 4) is 0 Å². The lowest BCUT2D eigenvalue weighted by atomic mass is 10.0. The zero-order chi connectivity index (χ0) is 13.1. The van der Waals surface area contributed by atoms with E-state index < -0.39 is 0 Å². The first-order valence-electron chi connectivity index (χ1n) is 6.39. The molecule has 18 heavy (non-hydrogen) atoms. The first kappa shape index (κ1) is 13.1. The maximum atomic E-state index is 12.0. The van der Waals surface area contributed by atoms with Gasteiger partial charge in [0.15, 0.2) is 0 Å². The second kappa shape index (κ2) is 5.50. The van der Waals surface area contributed by atoms with E-state index in [9.17, 15) is 4.79 Å². The predicted octanol–water partition coefficient (Wildman–Crippen LogP) is 1.31. The Morgan fingerprint density at radius 3 is 2.61 bits per heavy atom. The highest BCUT2D eigenvalue weighted by Gasteiger charge is 2.36. The van der Waals surface area contributed by atoms with Crippen molar-refractivity contribution in [1.29, 1.82) is 0 Å². The summed E-state index contributed by atoms with van der Waals surface area (Å²) < 4.78 is 0. The fourth-order valence-electron chi connectivity index (χ4n) is 2.45. The number of amides is 1. The van der Waals surface area contributed by atoms with Crippen molar-refractivity contribution in [1.82, 2.24) is 10.3 Å². The van der Waals surface area contributed by atoms with Crippen LogP contribution in [0.4, 0.5) is 0 Å². The van der Waals surface area contributed by atoms with Crippen LogP contribution in [0.1, 0.15) is 24.9 Å². The van der Waals surface area contributed by atoms with E-state index in [0.29, 0.717) is 5.92 Å². The second-order valence-corrected chi connectivity index (χ2v) is 5.23. The number of rotatable bonds is 5. The third kappa shape index (κ3) is 2.89. The Labute approximate surface area is 108 Å². The predicted molar refractivity (Wildman–Crippen MR) is 71.4 cm³/mol. The van der Waals surface area contributed by atoms with Gasteiger partial charge in [0, 0.05) is 6.54 Å². The van der Waals surface area contributed by atoms with Gasteiger partial charge in [0.05, 0.1) is 0 Å². The molecule has 2 rings (SSSR count). The average Bonchev–Trinajstić information content (AvgIpc) is 3.06. The Morgan fingerprint density at radius 1 is 1.50 bits per heavy atom. The smallest absolute Gasteiger partial charge is 0.255 e. The van der Waals surface area contributed by atoms with E-state index in [0.717, 1.165) is 18.0 Å². The molecule has 4 heteroatoms. The van der Waals surface area contributed by atoms with E-state index in [1.165, 1.54) is 6.42 Å². The molecule has 1 aliphatic carbocycles. The summed E-state index contributed by atoms with van der Waals surface area (Å²) in [4.78, 5) is 14.0. The lowest BCUT2D eigenvalue weighted by Crippen LogP contribution is -2.42. The fourth-order valence-corrected chi connectivity index (χ4v) is 2.45. The van der Waals surface area contributed by atoms with Gasteiger partial charge in [-0.3, -0.25) is 15.1 Å². The number of carbonyl (C=O) groups is 1. The lowest BCUT2D eigenvalue weighted by Gasteiger charge is -2.27. The van der Waals surface area contributed by atoms with E-state index in [4.69, 9.17) is 5.84 Å². The molecule has 0 bridgehead atoms. The minimum atomic E-state index is -0.302. The summed E-state index contributed by atoms with van der Waals surface area (Å²) in [6.07, 6.45) is 1.26. The number of likely N-dealkylation sites (N-methyl/N-ethyl adjacent to an activating group) is 1. The molecule has 98 valence electrons. The second-order valence-electron chi connectivity index (χ2n) is 5.23. The maximum Gasteiger partial charge on any atom is 0.255 e.